The smallest absolute Gasteiger partial charge is 0.270 e. The number of non-ortho nitro benzene ring substituents is 1. The van der Waals surface area contributed by atoms with E-state index in [9.17, 15) is 10.1 Å². The van der Waals surface area contributed by atoms with Gasteiger partial charge in [-0.2, -0.15) is 5.26 Å². The number of anilines is 2. The Morgan fingerprint density at radius 3 is 2.44 bits per heavy atom. The third-order valence-electron chi connectivity index (χ3n) is 3.88. The van der Waals surface area contributed by atoms with Crippen molar-refractivity contribution in [3.05, 3.63) is 76.3 Å². The molecule has 0 amide bonds. The highest BCUT2D eigenvalue weighted by molar-refractivity contribution is 5.93. The molecule has 0 aromatic heterocycles. The fourth-order valence-corrected chi connectivity index (χ4v) is 2.67. The second kappa shape index (κ2) is 7.32. The Hall–Kier alpha value is -3.59. The monoisotopic (exact) mass is 332 g/mol. The van der Waals surface area contributed by atoms with Crippen LogP contribution >= 0.6 is 0 Å². The van der Waals surface area contributed by atoms with Gasteiger partial charge in [0.15, 0.2) is 0 Å². The van der Waals surface area contributed by atoms with Gasteiger partial charge in [0.05, 0.1) is 16.2 Å². The molecule has 0 aliphatic carbocycles. The summed E-state index contributed by atoms with van der Waals surface area (Å²) in [5, 5.41) is 28.8. The van der Waals surface area contributed by atoms with Crippen molar-refractivity contribution in [1.29, 1.82) is 5.26 Å². The number of nitriles is 1. The van der Waals surface area contributed by atoms with E-state index < -0.39 is 4.92 Å². The molecule has 0 bridgehead atoms. The lowest BCUT2D eigenvalue weighted by molar-refractivity contribution is -0.384. The van der Waals surface area contributed by atoms with E-state index in [4.69, 9.17) is 5.26 Å². The van der Waals surface area contributed by atoms with Crippen molar-refractivity contribution in [2.75, 3.05) is 23.7 Å². The van der Waals surface area contributed by atoms with E-state index in [1.54, 1.807) is 6.07 Å². The van der Waals surface area contributed by atoms with E-state index in [2.05, 4.69) is 28.8 Å². The quantitative estimate of drug-likeness (QED) is 0.402. The van der Waals surface area contributed by atoms with E-state index in [-0.39, 0.29) is 11.3 Å². The Morgan fingerprint density at radius 2 is 1.68 bits per heavy atom. The molecule has 0 fully saturated rings. The van der Waals surface area contributed by atoms with Crippen LogP contribution in [0, 0.1) is 21.4 Å². The van der Waals surface area contributed by atoms with Crippen LogP contribution in [-0.4, -0.2) is 18.0 Å². The second-order valence-corrected chi connectivity index (χ2v) is 5.48. The van der Waals surface area contributed by atoms with Crippen LogP contribution in [0.25, 0.3) is 10.8 Å². The number of hydrogen-bond acceptors (Lipinski definition) is 5. The van der Waals surface area contributed by atoms with Gasteiger partial charge in [0, 0.05) is 36.3 Å². The minimum atomic E-state index is -0.507. The zero-order chi connectivity index (χ0) is 17.6. The van der Waals surface area contributed by atoms with Crippen LogP contribution in [0.4, 0.5) is 17.1 Å². The van der Waals surface area contributed by atoms with E-state index in [0.29, 0.717) is 18.8 Å². The predicted molar refractivity (Wildman–Crippen MR) is 98.7 cm³/mol. The molecular formula is C19H16N4O2. The van der Waals surface area contributed by atoms with Crippen molar-refractivity contribution >= 4 is 27.8 Å². The third kappa shape index (κ3) is 3.67. The normalized spacial score (nSPS) is 10.2. The van der Waals surface area contributed by atoms with Gasteiger partial charge in [0.1, 0.15) is 6.07 Å². The van der Waals surface area contributed by atoms with Crippen molar-refractivity contribution in [2.24, 2.45) is 0 Å². The largest absolute Gasteiger partial charge is 0.383 e. The average molecular weight is 332 g/mol. The number of nitrogens with one attached hydrogen (secondary N) is 2. The molecule has 124 valence electrons. The Balaban J connectivity index is 1.64. The van der Waals surface area contributed by atoms with Crippen molar-refractivity contribution in [3.8, 4) is 6.07 Å². The minimum Gasteiger partial charge on any atom is -0.383 e. The number of fused-ring (bicyclic) bond motifs is 1. The van der Waals surface area contributed by atoms with Crippen LogP contribution in [0.2, 0.25) is 0 Å². The molecule has 6 nitrogen and oxygen atoms in total. The van der Waals surface area contributed by atoms with E-state index >= 15 is 0 Å². The van der Waals surface area contributed by atoms with Crippen molar-refractivity contribution in [2.45, 2.75) is 0 Å². The number of rotatable bonds is 6. The summed E-state index contributed by atoms with van der Waals surface area (Å²) in [6.45, 7) is 1.23. The van der Waals surface area contributed by atoms with Gasteiger partial charge >= 0.3 is 0 Å². The van der Waals surface area contributed by atoms with Crippen LogP contribution in [0.1, 0.15) is 5.56 Å². The Morgan fingerprint density at radius 1 is 0.960 bits per heavy atom. The summed E-state index contributed by atoms with van der Waals surface area (Å²) in [4.78, 5) is 10.3. The highest BCUT2D eigenvalue weighted by Crippen LogP contribution is 2.23. The Bertz CT molecular complexity index is 958. The first-order valence-corrected chi connectivity index (χ1v) is 7.83. The fourth-order valence-electron chi connectivity index (χ4n) is 2.67. The van der Waals surface area contributed by atoms with Gasteiger partial charge < -0.3 is 10.6 Å². The zero-order valence-electron chi connectivity index (χ0n) is 13.4. The van der Waals surface area contributed by atoms with Gasteiger partial charge in [0.25, 0.3) is 5.69 Å². The summed E-state index contributed by atoms with van der Waals surface area (Å²) in [5.74, 6) is 0. The summed E-state index contributed by atoms with van der Waals surface area (Å²) in [7, 11) is 0. The van der Waals surface area contributed by atoms with Gasteiger partial charge in [-0.15, -0.1) is 0 Å². The molecule has 0 aliphatic heterocycles. The summed E-state index contributed by atoms with van der Waals surface area (Å²) >= 11 is 0. The van der Waals surface area contributed by atoms with Gasteiger partial charge in [-0.3, -0.25) is 10.1 Å². The molecular weight excluding hydrogens is 316 g/mol. The first-order chi connectivity index (χ1) is 12.2. The number of nitrogens with zero attached hydrogens (tertiary/aromatic N) is 2. The SMILES string of the molecule is N#Cc1cc([N+](=O)[O-])ccc1NCCNc1cccc2ccccc12. The lowest BCUT2D eigenvalue weighted by Gasteiger charge is -2.12. The van der Waals surface area contributed by atoms with E-state index in [0.717, 1.165) is 11.1 Å². The standard InChI is InChI=1S/C19H16N4O2/c20-13-15-12-16(23(24)25)8-9-18(15)21-10-11-22-19-7-3-5-14-4-1-2-6-17(14)19/h1-9,12,21-22H,10-11H2. The molecule has 0 saturated heterocycles. The molecule has 0 unspecified atom stereocenters. The molecule has 0 heterocycles. The lowest BCUT2D eigenvalue weighted by Crippen LogP contribution is -2.14. The highest BCUT2D eigenvalue weighted by atomic mass is 16.6. The Kier molecular flexibility index (Phi) is 4.77. The predicted octanol–water partition coefficient (Wildman–Crippen LogP) is 4.14. The number of nitro benzene ring substituents is 1. The summed E-state index contributed by atoms with van der Waals surface area (Å²) in [6, 6.07) is 20.4. The molecule has 0 saturated carbocycles. The van der Waals surface area contributed by atoms with Gasteiger partial charge in [-0.1, -0.05) is 36.4 Å². The topological polar surface area (TPSA) is 91.0 Å². The zero-order valence-corrected chi connectivity index (χ0v) is 13.4. The summed E-state index contributed by atoms with van der Waals surface area (Å²) < 4.78 is 0. The molecule has 2 N–H and O–H groups in total. The van der Waals surface area contributed by atoms with Crippen LogP contribution in [0.5, 0.6) is 0 Å². The second-order valence-electron chi connectivity index (χ2n) is 5.48. The maximum absolute atomic E-state index is 10.8. The van der Waals surface area contributed by atoms with Gasteiger partial charge in [-0.05, 0) is 17.5 Å². The van der Waals surface area contributed by atoms with Crippen LogP contribution < -0.4 is 10.6 Å². The molecule has 3 aromatic rings. The summed E-state index contributed by atoms with van der Waals surface area (Å²) in [5.41, 5.74) is 1.81. The molecule has 3 rings (SSSR count). The number of nitro groups is 1. The minimum absolute atomic E-state index is 0.0871. The van der Waals surface area contributed by atoms with Crippen molar-refractivity contribution in [1.82, 2.24) is 0 Å². The fraction of sp³-hybridized carbons (Fsp3) is 0.105. The number of benzene rings is 3. The van der Waals surface area contributed by atoms with Crippen molar-refractivity contribution in [3.63, 3.8) is 0 Å². The molecule has 0 atom stereocenters. The maximum atomic E-state index is 10.8. The molecule has 0 spiro atoms. The van der Waals surface area contributed by atoms with Crippen LogP contribution in [-0.2, 0) is 0 Å². The van der Waals surface area contributed by atoms with Crippen molar-refractivity contribution < 1.29 is 4.92 Å². The molecule has 6 heteroatoms. The average Bonchev–Trinajstić information content (AvgIpc) is 2.65. The molecule has 0 aliphatic rings. The van der Waals surface area contributed by atoms with Crippen LogP contribution in [0.15, 0.2) is 60.7 Å². The van der Waals surface area contributed by atoms with Gasteiger partial charge in [-0.25, -0.2) is 0 Å². The lowest BCUT2D eigenvalue weighted by atomic mass is 10.1. The molecule has 3 aromatic carbocycles. The first-order valence-electron chi connectivity index (χ1n) is 7.83. The van der Waals surface area contributed by atoms with E-state index in [1.165, 1.54) is 17.5 Å². The molecule has 25 heavy (non-hydrogen) atoms. The third-order valence-corrected chi connectivity index (χ3v) is 3.88. The van der Waals surface area contributed by atoms with Crippen LogP contribution in [0.3, 0.4) is 0 Å². The first kappa shape index (κ1) is 16.3. The number of hydrogen-bond donors (Lipinski definition) is 2. The highest BCUT2D eigenvalue weighted by Gasteiger charge is 2.10. The Labute approximate surface area is 144 Å². The van der Waals surface area contributed by atoms with Gasteiger partial charge in [0.2, 0.25) is 0 Å². The summed E-state index contributed by atoms with van der Waals surface area (Å²) in [6.07, 6.45) is 0. The maximum Gasteiger partial charge on any atom is 0.270 e. The molecule has 0 radical (unpaired) electrons. The van der Waals surface area contributed by atoms with E-state index in [1.807, 2.05) is 30.3 Å².